The van der Waals surface area contributed by atoms with Crippen molar-refractivity contribution < 1.29 is 0 Å². The standard InChI is InChI=1S/C10H15N3S/c1-7(5-11)14-10-8-3-2-4-9(8)12-6-13-10/h6-7H,2-5,11H2,1H3. The molecule has 2 N–H and O–H groups in total. The molecule has 14 heavy (non-hydrogen) atoms. The highest BCUT2D eigenvalue weighted by atomic mass is 32.2. The molecular weight excluding hydrogens is 194 g/mol. The van der Waals surface area contributed by atoms with Crippen LogP contribution in [0.25, 0.3) is 0 Å². The Labute approximate surface area is 88.5 Å². The quantitative estimate of drug-likeness (QED) is 0.604. The molecule has 1 atom stereocenters. The van der Waals surface area contributed by atoms with Gasteiger partial charge in [0.25, 0.3) is 0 Å². The van der Waals surface area contributed by atoms with Crippen LogP contribution in [0.4, 0.5) is 0 Å². The van der Waals surface area contributed by atoms with E-state index in [0.29, 0.717) is 11.8 Å². The third-order valence-electron chi connectivity index (χ3n) is 2.48. The van der Waals surface area contributed by atoms with E-state index in [1.165, 1.54) is 17.7 Å². The second kappa shape index (κ2) is 4.28. The average molecular weight is 209 g/mol. The first-order valence-electron chi connectivity index (χ1n) is 5.00. The van der Waals surface area contributed by atoms with Gasteiger partial charge in [0, 0.05) is 23.1 Å². The Morgan fingerprint density at radius 1 is 1.50 bits per heavy atom. The number of fused-ring (bicyclic) bond motifs is 1. The maximum atomic E-state index is 5.60. The summed E-state index contributed by atoms with van der Waals surface area (Å²) in [6.07, 6.45) is 5.15. The van der Waals surface area contributed by atoms with E-state index in [1.807, 2.05) is 0 Å². The molecule has 2 rings (SSSR count). The Hall–Kier alpha value is -0.610. The van der Waals surface area contributed by atoms with E-state index in [9.17, 15) is 0 Å². The zero-order chi connectivity index (χ0) is 9.97. The maximum Gasteiger partial charge on any atom is 0.116 e. The molecule has 0 bridgehead atoms. The first-order chi connectivity index (χ1) is 6.81. The van der Waals surface area contributed by atoms with Gasteiger partial charge in [0.1, 0.15) is 11.4 Å². The van der Waals surface area contributed by atoms with E-state index >= 15 is 0 Å². The molecular formula is C10H15N3S. The van der Waals surface area contributed by atoms with Crippen LogP contribution in [0.1, 0.15) is 24.6 Å². The van der Waals surface area contributed by atoms with Gasteiger partial charge in [0.05, 0.1) is 0 Å². The molecule has 0 saturated heterocycles. The van der Waals surface area contributed by atoms with Crippen molar-refractivity contribution in [2.75, 3.05) is 6.54 Å². The van der Waals surface area contributed by atoms with E-state index in [-0.39, 0.29) is 0 Å². The van der Waals surface area contributed by atoms with Crippen molar-refractivity contribution in [3.8, 4) is 0 Å². The van der Waals surface area contributed by atoms with Gasteiger partial charge in [0.15, 0.2) is 0 Å². The Balaban J connectivity index is 2.22. The van der Waals surface area contributed by atoms with Crippen LogP contribution >= 0.6 is 11.8 Å². The lowest BCUT2D eigenvalue weighted by molar-refractivity contribution is 0.894. The summed E-state index contributed by atoms with van der Waals surface area (Å²) in [5.74, 6) is 0. The maximum absolute atomic E-state index is 5.60. The SMILES string of the molecule is CC(CN)Sc1ncnc2c1CCC2. The third kappa shape index (κ3) is 1.91. The van der Waals surface area contributed by atoms with Crippen molar-refractivity contribution in [2.24, 2.45) is 5.73 Å². The zero-order valence-electron chi connectivity index (χ0n) is 8.36. The van der Waals surface area contributed by atoms with Gasteiger partial charge in [-0.05, 0) is 19.3 Å². The number of aromatic nitrogens is 2. The molecule has 3 nitrogen and oxygen atoms in total. The number of nitrogens with zero attached hydrogens (tertiary/aromatic N) is 2. The summed E-state index contributed by atoms with van der Waals surface area (Å²) in [5, 5.41) is 1.58. The second-order valence-corrected chi connectivity index (χ2v) is 5.05. The van der Waals surface area contributed by atoms with E-state index in [4.69, 9.17) is 5.73 Å². The third-order valence-corrected chi connectivity index (χ3v) is 3.65. The van der Waals surface area contributed by atoms with Crippen LogP contribution in [0.3, 0.4) is 0 Å². The zero-order valence-corrected chi connectivity index (χ0v) is 9.18. The molecule has 1 aliphatic rings. The molecule has 1 aromatic heterocycles. The largest absolute Gasteiger partial charge is 0.329 e. The monoisotopic (exact) mass is 209 g/mol. The molecule has 0 saturated carbocycles. The minimum Gasteiger partial charge on any atom is -0.329 e. The first kappa shape index (κ1) is 9.93. The summed E-state index contributed by atoms with van der Waals surface area (Å²) < 4.78 is 0. The predicted octanol–water partition coefficient (Wildman–Crippen LogP) is 1.40. The summed E-state index contributed by atoms with van der Waals surface area (Å²) in [6.45, 7) is 2.83. The van der Waals surface area contributed by atoms with Gasteiger partial charge in [-0.1, -0.05) is 6.92 Å². The van der Waals surface area contributed by atoms with E-state index < -0.39 is 0 Å². The summed E-state index contributed by atoms with van der Waals surface area (Å²) in [6, 6.07) is 0. The summed E-state index contributed by atoms with van der Waals surface area (Å²) in [7, 11) is 0. The molecule has 0 radical (unpaired) electrons. The van der Waals surface area contributed by atoms with Gasteiger partial charge in [-0.15, -0.1) is 11.8 Å². The number of aryl methyl sites for hydroxylation is 1. The van der Waals surface area contributed by atoms with Crippen molar-refractivity contribution in [2.45, 2.75) is 36.5 Å². The fourth-order valence-corrected chi connectivity index (χ4v) is 2.62. The van der Waals surface area contributed by atoms with Crippen molar-refractivity contribution in [3.05, 3.63) is 17.6 Å². The van der Waals surface area contributed by atoms with E-state index in [0.717, 1.165) is 17.9 Å². The number of hydrogen-bond acceptors (Lipinski definition) is 4. The van der Waals surface area contributed by atoms with Crippen molar-refractivity contribution in [1.82, 2.24) is 9.97 Å². The van der Waals surface area contributed by atoms with Crippen molar-refractivity contribution >= 4 is 11.8 Å². The van der Waals surface area contributed by atoms with Gasteiger partial charge in [-0.3, -0.25) is 0 Å². The van der Waals surface area contributed by atoms with Crippen molar-refractivity contribution in [1.29, 1.82) is 0 Å². The Bertz CT molecular complexity index is 327. The fourth-order valence-electron chi connectivity index (χ4n) is 1.67. The molecule has 0 aromatic carbocycles. The van der Waals surface area contributed by atoms with Crippen LogP contribution in [0.15, 0.2) is 11.4 Å². The van der Waals surface area contributed by atoms with Crippen LogP contribution in [-0.4, -0.2) is 21.8 Å². The lowest BCUT2D eigenvalue weighted by atomic mass is 10.3. The van der Waals surface area contributed by atoms with Gasteiger partial charge in [-0.25, -0.2) is 9.97 Å². The smallest absolute Gasteiger partial charge is 0.116 e. The fraction of sp³-hybridized carbons (Fsp3) is 0.600. The van der Waals surface area contributed by atoms with E-state index in [2.05, 4.69) is 16.9 Å². The summed E-state index contributed by atoms with van der Waals surface area (Å²) >= 11 is 1.77. The molecule has 0 aliphatic heterocycles. The van der Waals surface area contributed by atoms with Crippen LogP contribution in [0.5, 0.6) is 0 Å². The van der Waals surface area contributed by atoms with Gasteiger partial charge in [0.2, 0.25) is 0 Å². The van der Waals surface area contributed by atoms with Crippen LogP contribution in [-0.2, 0) is 12.8 Å². The molecule has 1 heterocycles. The number of rotatable bonds is 3. The highest BCUT2D eigenvalue weighted by Gasteiger charge is 2.18. The number of thioether (sulfide) groups is 1. The Morgan fingerprint density at radius 2 is 2.36 bits per heavy atom. The minimum absolute atomic E-state index is 0.439. The van der Waals surface area contributed by atoms with Gasteiger partial charge in [-0.2, -0.15) is 0 Å². The molecule has 1 unspecified atom stereocenters. The molecule has 1 aromatic rings. The molecule has 1 aliphatic carbocycles. The summed E-state index contributed by atoms with van der Waals surface area (Å²) in [5.41, 5.74) is 8.20. The average Bonchev–Trinajstić information content (AvgIpc) is 2.66. The normalized spacial score (nSPS) is 16.7. The minimum atomic E-state index is 0.439. The summed E-state index contributed by atoms with van der Waals surface area (Å²) in [4.78, 5) is 8.63. The molecule has 0 amide bonds. The highest BCUT2D eigenvalue weighted by Crippen LogP contribution is 2.30. The predicted molar refractivity (Wildman–Crippen MR) is 58.4 cm³/mol. The van der Waals surface area contributed by atoms with Crippen LogP contribution < -0.4 is 5.73 Å². The van der Waals surface area contributed by atoms with Crippen molar-refractivity contribution in [3.63, 3.8) is 0 Å². The first-order valence-corrected chi connectivity index (χ1v) is 5.88. The van der Waals surface area contributed by atoms with E-state index in [1.54, 1.807) is 18.1 Å². The molecule has 0 fully saturated rings. The lowest BCUT2D eigenvalue weighted by Gasteiger charge is -2.10. The number of hydrogen-bond donors (Lipinski definition) is 1. The van der Waals surface area contributed by atoms with Gasteiger partial charge < -0.3 is 5.73 Å². The van der Waals surface area contributed by atoms with Crippen LogP contribution in [0.2, 0.25) is 0 Å². The molecule has 0 spiro atoms. The highest BCUT2D eigenvalue weighted by molar-refractivity contribution is 7.99. The number of nitrogens with two attached hydrogens (primary N) is 1. The van der Waals surface area contributed by atoms with Gasteiger partial charge >= 0.3 is 0 Å². The van der Waals surface area contributed by atoms with Crippen LogP contribution in [0, 0.1) is 0 Å². The second-order valence-electron chi connectivity index (χ2n) is 3.62. The molecule has 76 valence electrons. The Kier molecular flexibility index (Phi) is 3.03. The topological polar surface area (TPSA) is 51.8 Å². The Morgan fingerprint density at radius 3 is 3.14 bits per heavy atom. The molecule has 4 heteroatoms. The lowest BCUT2D eigenvalue weighted by Crippen LogP contribution is -2.13.